The first-order chi connectivity index (χ1) is 9.42. The average molecular weight is 255 g/mol. The maximum Gasteiger partial charge on any atom is 0.162 e. The first kappa shape index (κ1) is 10.9. The molecule has 4 nitrogen and oxygen atoms in total. The van der Waals surface area contributed by atoms with Gasteiger partial charge in [0.25, 0.3) is 0 Å². The fraction of sp³-hybridized carbons (Fsp3) is 0.333. The Hall–Kier alpha value is -1.94. The van der Waals surface area contributed by atoms with Crippen molar-refractivity contribution in [2.75, 3.05) is 6.54 Å². The lowest BCUT2D eigenvalue weighted by Gasteiger charge is -2.29. The monoisotopic (exact) mass is 255 g/mol. The minimum Gasteiger partial charge on any atom is -0.380 e. The molecule has 0 aromatic heterocycles. The summed E-state index contributed by atoms with van der Waals surface area (Å²) in [5.41, 5.74) is 8.98. The number of allylic oxidation sites excluding steroid dienone is 1. The molecule has 3 aliphatic rings. The van der Waals surface area contributed by atoms with Gasteiger partial charge in [0, 0.05) is 23.7 Å². The van der Waals surface area contributed by atoms with E-state index in [0.29, 0.717) is 5.92 Å². The van der Waals surface area contributed by atoms with E-state index in [2.05, 4.69) is 34.1 Å². The summed E-state index contributed by atoms with van der Waals surface area (Å²) in [6, 6.07) is 8.05. The van der Waals surface area contributed by atoms with Gasteiger partial charge < -0.3 is 4.84 Å². The van der Waals surface area contributed by atoms with Gasteiger partial charge in [0.2, 0.25) is 0 Å². The van der Waals surface area contributed by atoms with Crippen LogP contribution in [0.25, 0.3) is 6.08 Å². The number of para-hydroxylation sites is 1. The molecule has 2 N–H and O–H groups in total. The largest absolute Gasteiger partial charge is 0.380 e. The molecule has 2 aliphatic heterocycles. The molecule has 4 rings (SSSR count). The highest BCUT2D eigenvalue weighted by molar-refractivity contribution is 5.61. The third kappa shape index (κ3) is 1.79. The van der Waals surface area contributed by atoms with E-state index >= 15 is 0 Å². The summed E-state index contributed by atoms with van der Waals surface area (Å²) in [6.45, 7) is 1.02. The quantitative estimate of drug-likeness (QED) is 0.808. The van der Waals surface area contributed by atoms with Gasteiger partial charge >= 0.3 is 0 Å². The van der Waals surface area contributed by atoms with Crippen LogP contribution in [-0.4, -0.2) is 11.6 Å². The Kier molecular flexibility index (Phi) is 2.48. The van der Waals surface area contributed by atoms with Gasteiger partial charge in [-0.25, -0.2) is 10.9 Å². The maximum atomic E-state index is 5.60. The van der Waals surface area contributed by atoms with Crippen molar-refractivity contribution in [2.24, 2.45) is 5.92 Å². The third-order valence-electron chi connectivity index (χ3n) is 4.00. The predicted molar refractivity (Wildman–Crippen MR) is 73.4 cm³/mol. The molecule has 1 saturated heterocycles. The molecule has 1 aromatic carbocycles. The van der Waals surface area contributed by atoms with E-state index in [1.165, 1.54) is 25.0 Å². The molecular weight excluding hydrogens is 238 g/mol. The van der Waals surface area contributed by atoms with E-state index in [9.17, 15) is 0 Å². The number of hydrogen-bond donors (Lipinski definition) is 2. The Morgan fingerprint density at radius 3 is 3.21 bits per heavy atom. The van der Waals surface area contributed by atoms with Crippen LogP contribution in [-0.2, 0) is 0 Å². The molecule has 1 aromatic rings. The van der Waals surface area contributed by atoms with E-state index < -0.39 is 0 Å². The summed E-state index contributed by atoms with van der Waals surface area (Å²) >= 11 is 0. The number of rotatable bonds is 1. The first-order valence-electron chi connectivity index (χ1n) is 6.89. The van der Waals surface area contributed by atoms with Crippen molar-refractivity contribution in [3.63, 3.8) is 0 Å². The second-order valence-corrected chi connectivity index (χ2v) is 5.23. The third-order valence-corrected chi connectivity index (χ3v) is 4.00. The Bertz CT molecular complexity index is 564. The number of hydrogen-bond acceptors (Lipinski definition) is 4. The van der Waals surface area contributed by atoms with Crippen molar-refractivity contribution in [3.8, 4) is 5.75 Å². The zero-order valence-electron chi connectivity index (χ0n) is 10.7. The Labute approximate surface area is 112 Å². The summed E-state index contributed by atoms with van der Waals surface area (Å²) < 4.78 is 0. The van der Waals surface area contributed by atoms with Crippen molar-refractivity contribution in [1.82, 2.24) is 15.9 Å². The molecule has 0 amide bonds. The standard InChI is InChI=1S/C15H17N3O/c1-3-7-13-12(6-1)10-16-18(13)15-9-11-5-2-4-8-14(11)19-17-15/h2,4-5,7-9,12,16-17H,1,3,6,10H2. The van der Waals surface area contributed by atoms with Gasteiger partial charge in [-0.1, -0.05) is 24.3 Å². The molecule has 98 valence electrons. The lowest BCUT2D eigenvalue weighted by Crippen LogP contribution is -2.38. The van der Waals surface area contributed by atoms with Crippen LogP contribution in [0.15, 0.2) is 41.9 Å². The van der Waals surface area contributed by atoms with Crippen LogP contribution < -0.4 is 15.7 Å². The number of fused-ring (bicyclic) bond motifs is 2. The van der Waals surface area contributed by atoms with Crippen LogP contribution in [0.3, 0.4) is 0 Å². The molecule has 1 unspecified atom stereocenters. The van der Waals surface area contributed by atoms with Gasteiger partial charge in [0.05, 0.1) is 0 Å². The summed E-state index contributed by atoms with van der Waals surface area (Å²) in [4.78, 5) is 5.60. The van der Waals surface area contributed by atoms with Gasteiger partial charge in [-0.3, -0.25) is 5.01 Å². The summed E-state index contributed by atoms with van der Waals surface area (Å²) in [5.74, 6) is 2.49. The summed E-state index contributed by atoms with van der Waals surface area (Å²) in [7, 11) is 0. The minimum atomic E-state index is 0.647. The topological polar surface area (TPSA) is 36.5 Å². The fourth-order valence-electron chi connectivity index (χ4n) is 3.01. The molecule has 0 saturated carbocycles. The number of hydroxylamine groups is 1. The van der Waals surface area contributed by atoms with Crippen molar-refractivity contribution < 1.29 is 4.84 Å². The number of nitrogens with one attached hydrogen (secondary N) is 2. The Morgan fingerprint density at radius 2 is 2.21 bits per heavy atom. The van der Waals surface area contributed by atoms with Gasteiger partial charge in [-0.2, -0.15) is 0 Å². The first-order valence-corrected chi connectivity index (χ1v) is 6.89. The number of benzene rings is 1. The molecule has 0 spiro atoms. The summed E-state index contributed by atoms with van der Waals surface area (Å²) in [5, 5.41) is 2.14. The Balaban J connectivity index is 1.67. The number of nitrogens with zero attached hydrogens (tertiary/aromatic N) is 1. The van der Waals surface area contributed by atoms with Gasteiger partial charge in [-0.05, 0) is 31.4 Å². The highest BCUT2D eigenvalue weighted by Crippen LogP contribution is 2.34. The van der Waals surface area contributed by atoms with Crippen LogP contribution in [0.2, 0.25) is 0 Å². The minimum absolute atomic E-state index is 0.647. The van der Waals surface area contributed by atoms with Crippen molar-refractivity contribution in [3.05, 3.63) is 47.4 Å². The van der Waals surface area contributed by atoms with Crippen molar-refractivity contribution in [1.29, 1.82) is 0 Å². The smallest absolute Gasteiger partial charge is 0.162 e. The SMILES string of the molecule is C1=C(N2NCC3CCCC=C32)NOc2ccccc21. The predicted octanol–water partition coefficient (Wildman–Crippen LogP) is 2.39. The molecule has 1 atom stereocenters. The van der Waals surface area contributed by atoms with E-state index in [-0.39, 0.29) is 0 Å². The molecule has 19 heavy (non-hydrogen) atoms. The van der Waals surface area contributed by atoms with Crippen LogP contribution in [0.4, 0.5) is 0 Å². The molecule has 1 aliphatic carbocycles. The zero-order valence-corrected chi connectivity index (χ0v) is 10.7. The molecular formula is C15H17N3O. The molecule has 1 fully saturated rings. The van der Waals surface area contributed by atoms with Crippen molar-refractivity contribution in [2.45, 2.75) is 19.3 Å². The Morgan fingerprint density at radius 1 is 1.26 bits per heavy atom. The molecule has 0 bridgehead atoms. The highest BCUT2D eigenvalue weighted by Gasteiger charge is 2.32. The van der Waals surface area contributed by atoms with Crippen LogP contribution in [0.5, 0.6) is 5.75 Å². The molecule has 2 heterocycles. The van der Waals surface area contributed by atoms with Crippen LogP contribution in [0, 0.1) is 5.92 Å². The van der Waals surface area contributed by atoms with E-state index in [0.717, 1.165) is 23.7 Å². The van der Waals surface area contributed by atoms with Crippen LogP contribution in [0.1, 0.15) is 24.8 Å². The zero-order chi connectivity index (χ0) is 12.7. The maximum absolute atomic E-state index is 5.60. The van der Waals surface area contributed by atoms with E-state index in [1.54, 1.807) is 0 Å². The second-order valence-electron chi connectivity index (χ2n) is 5.23. The summed E-state index contributed by atoms with van der Waals surface area (Å²) in [6.07, 6.45) is 8.23. The van der Waals surface area contributed by atoms with Gasteiger partial charge in [-0.15, -0.1) is 0 Å². The van der Waals surface area contributed by atoms with E-state index in [1.807, 2.05) is 18.2 Å². The van der Waals surface area contributed by atoms with Gasteiger partial charge in [0.1, 0.15) is 0 Å². The lowest BCUT2D eigenvalue weighted by molar-refractivity contribution is 0.173. The average Bonchev–Trinajstić information content (AvgIpc) is 2.91. The molecule has 4 heteroatoms. The van der Waals surface area contributed by atoms with Gasteiger partial charge in [0.15, 0.2) is 11.6 Å². The molecule has 0 radical (unpaired) electrons. The normalized spacial score (nSPS) is 24.6. The number of hydrazine groups is 1. The van der Waals surface area contributed by atoms with Crippen LogP contribution >= 0.6 is 0 Å². The second kappa shape index (κ2) is 4.31. The van der Waals surface area contributed by atoms with E-state index in [4.69, 9.17) is 4.84 Å². The van der Waals surface area contributed by atoms with Crippen molar-refractivity contribution >= 4 is 6.08 Å². The fourth-order valence-corrected chi connectivity index (χ4v) is 3.01. The highest BCUT2D eigenvalue weighted by atomic mass is 16.7. The lowest BCUT2D eigenvalue weighted by atomic mass is 9.93.